The molecule has 0 atom stereocenters. The van der Waals surface area contributed by atoms with Crippen molar-refractivity contribution in [1.29, 1.82) is 0 Å². The fourth-order valence-corrected chi connectivity index (χ4v) is 4.16. The lowest BCUT2D eigenvalue weighted by atomic mass is 10.1. The highest BCUT2D eigenvalue weighted by Gasteiger charge is 2.21. The van der Waals surface area contributed by atoms with E-state index in [4.69, 9.17) is 0 Å². The quantitative estimate of drug-likeness (QED) is 0.598. The molecular formula is C18H15N5O2S. The lowest BCUT2D eigenvalue weighted by Crippen LogP contribution is -2.12. The molecule has 7 nitrogen and oxygen atoms in total. The number of rotatable bonds is 4. The number of hydrogen-bond acceptors (Lipinski definition) is 6. The molecule has 1 aromatic carbocycles. The SMILES string of the molecule is CNc1cn(S(=O)(=O)c2cccnc2)c2cc(-c3cncnc3)ccc12. The van der Waals surface area contributed by atoms with Crippen molar-refractivity contribution in [1.82, 2.24) is 18.9 Å². The first kappa shape index (κ1) is 16.2. The topological polar surface area (TPSA) is 89.8 Å². The minimum absolute atomic E-state index is 0.132. The fourth-order valence-electron chi connectivity index (χ4n) is 2.84. The second kappa shape index (κ2) is 6.23. The minimum atomic E-state index is -3.77. The van der Waals surface area contributed by atoms with Gasteiger partial charge in [0.15, 0.2) is 0 Å². The number of hydrogen-bond donors (Lipinski definition) is 1. The number of anilines is 1. The van der Waals surface area contributed by atoms with Crippen molar-refractivity contribution in [3.05, 3.63) is 67.6 Å². The van der Waals surface area contributed by atoms with Crippen LogP contribution in [0.25, 0.3) is 22.0 Å². The molecule has 4 aromatic rings. The normalized spacial score (nSPS) is 11.6. The molecule has 130 valence electrons. The molecule has 0 saturated carbocycles. The Balaban J connectivity index is 1.97. The van der Waals surface area contributed by atoms with Gasteiger partial charge in [-0.3, -0.25) is 4.98 Å². The third-order valence-electron chi connectivity index (χ3n) is 4.13. The molecule has 0 aliphatic heterocycles. The maximum Gasteiger partial charge on any atom is 0.269 e. The second-order valence-electron chi connectivity index (χ2n) is 5.64. The van der Waals surface area contributed by atoms with Crippen LogP contribution in [-0.2, 0) is 10.0 Å². The van der Waals surface area contributed by atoms with Gasteiger partial charge in [-0.05, 0) is 23.8 Å². The number of aromatic nitrogens is 4. The highest BCUT2D eigenvalue weighted by atomic mass is 32.2. The number of nitrogens with zero attached hydrogens (tertiary/aromatic N) is 4. The van der Waals surface area contributed by atoms with Crippen LogP contribution < -0.4 is 5.32 Å². The van der Waals surface area contributed by atoms with E-state index in [9.17, 15) is 8.42 Å². The van der Waals surface area contributed by atoms with Gasteiger partial charge in [0.25, 0.3) is 10.0 Å². The van der Waals surface area contributed by atoms with Crippen molar-refractivity contribution < 1.29 is 8.42 Å². The summed E-state index contributed by atoms with van der Waals surface area (Å²) in [5.74, 6) is 0. The first-order chi connectivity index (χ1) is 12.6. The molecule has 0 spiro atoms. The largest absolute Gasteiger partial charge is 0.386 e. The number of benzene rings is 1. The first-order valence-corrected chi connectivity index (χ1v) is 9.29. The summed E-state index contributed by atoms with van der Waals surface area (Å²) in [7, 11) is -2.01. The Kier molecular flexibility index (Phi) is 3.89. The zero-order chi connectivity index (χ0) is 18.1. The average Bonchev–Trinajstić information content (AvgIpc) is 3.08. The van der Waals surface area contributed by atoms with Gasteiger partial charge >= 0.3 is 0 Å². The van der Waals surface area contributed by atoms with Crippen molar-refractivity contribution in [3.8, 4) is 11.1 Å². The van der Waals surface area contributed by atoms with Gasteiger partial charge in [0.2, 0.25) is 0 Å². The summed E-state index contributed by atoms with van der Waals surface area (Å²) in [6.07, 6.45) is 9.30. The van der Waals surface area contributed by atoms with Crippen LogP contribution in [0.4, 0.5) is 5.69 Å². The molecule has 0 aliphatic rings. The summed E-state index contributed by atoms with van der Waals surface area (Å²) < 4.78 is 27.5. The lowest BCUT2D eigenvalue weighted by molar-refractivity contribution is 0.588. The molecule has 0 radical (unpaired) electrons. The van der Waals surface area contributed by atoms with Crippen LogP contribution in [0.1, 0.15) is 0 Å². The van der Waals surface area contributed by atoms with Gasteiger partial charge in [-0.15, -0.1) is 0 Å². The monoisotopic (exact) mass is 365 g/mol. The van der Waals surface area contributed by atoms with Crippen LogP contribution in [0.2, 0.25) is 0 Å². The summed E-state index contributed by atoms with van der Waals surface area (Å²) in [4.78, 5) is 12.1. The van der Waals surface area contributed by atoms with Gasteiger partial charge in [-0.1, -0.05) is 12.1 Å². The third-order valence-corrected chi connectivity index (χ3v) is 5.78. The van der Waals surface area contributed by atoms with E-state index in [2.05, 4.69) is 20.3 Å². The number of nitrogens with one attached hydrogen (secondary N) is 1. The molecule has 1 N–H and O–H groups in total. The Bertz CT molecular complexity index is 1170. The summed E-state index contributed by atoms with van der Waals surface area (Å²) >= 11 is 0. The zero-order valence-electron chi connectivity index (χ0n) is 13.9. The summed E-state index contributed by atoms with van der Waals surface area (Å²) in [6.45, 7) is 0. The molecule has 0 amide bonds. The maximum atomic E-state index is 13.1. The molecule has 0 fully saturated rings. The van der Waals surface area contributed by atoms with E-state index >= 15 is 0 Å². The van der Waals surface area contributed by atoms with Crippen LogP contribution in [0, 0.1) is 0 Å². The first-order valence-electron chi connectivity index (χ1n) is 7.85. The molecule has 4 rings (SSSR count). The Morgan fingerprint density at radius 1 is 1.00 bits per heavy atom. The van der Waals surface area contributed by atoms with E-state index in [1.165, 1.54) is 22.6 Å². The van der Waals surface area contributed by atoms with Gasteiger partial charge in [0.1, 0.15) is 11.2 Å². The minimum Gasteiger partial charge on any atom is -0.386 e. The van der Waals surface area contributed by atoms with E-state index in [1.54, 1.807) is 37.9 Å². The molecule has 0 aliphatic carbocycles. The molecule has 8 heteroatoms. The predicted molar refractivity (Wildman–Crippen MR) is 99.3 cm³/mol. The molecule has 0 bridgehead atoms. The standard InChI is InChI=1S/C18H15N5O2S/c1-19-17-11-23(26(24,25)15-3-2-6-20-10-15)18-7-13(4-5-16(17)18)14-8-21-12-22-9-14/h2-12,19H,1H3. The Morgan fingerprint density at radius 2 is 1.81 bits per heavy atom. The van der Waals surface area contributed by atoms with E-state index < -0.39 is 10.0 Å². The average molecular weight is 365 g/mol. The van der Waals surface area contributed by atoms with Crippen LogP contribution >= 0.6 is 0 Å². The fraction of sp³-hybridized carbons (Fsp3) is 0.0556. The lowest BCUT2D eigenvalue weighted by Gasteiger charge is -2.08. The van der Waals surface area contributed by atoms with Crippen molar-refractivity contribution >= 4 is 26.6 Å². The highest BCUT2D eigenvalue weighted by Crippen LogP contribution is 2.32. The van der Waals surface area contributed by atoms with Crippen molar-refractivity contribution in [2.45, 2.75) is 4.90 Å². The summed E-state index contributed by atoms with van der Waals surface area (Å²) in [5.41, 5.74) is 2.94. The van der Waals surface area contributed by atoms with Gasteiger partial charge in [0, 0.05) is 49.0 Å². The summed E-state index contributed by atoms with van der Waals surface area (Å²) in [5, 5.41) is 3.85. The van der Waals surface area contributed by atoms with Crippen molar-refractivity contribution in [2.24, 2.45) is 0 Å². The smallest absolute Gasteiger partial charge is 0.269 e. The molecule has 0 unspecified atom stereocenters. The zero-order valence-corrected chi connectivity index (χ0v) is 14.7. The van der Waals surface area contributed by atoms with E-state index in [-0.39, 0.29) is 4.90 Å². The van der Waals surface area contributed by atoms with E-state index in [1.807, 2.05) is 18.2 Å². The Morgan fingerprint density at radius 3 is 2.50 bits per heavy atom. The molecule has 26 heavy (non-hydrogen) atoms. The molecule has 3 aromatic heterocycles. The number of pyridine rings is 1. The summed E-state index contributed by atoms with van der Waals surface area (Å²) in [6, 6.07) is 8.76. The molecule has 0 saturated heterocycles. The maximum absolute atomic E-state index is 13.1. The van der Waals surface area contributed by atoms with Crippen LogP contribution in [0.3, 0.4) is 0 Å². The van der Waals surface area contributed by atoms with Crippen LogP contribution in [0.15, 0.2) is 72.5 Å². The molecular weight excluding hydrogens is 350 g/mol. The molecule has 3 heterocycles. The highest BCUT2D eigenvalue weighted by molar-refractivity contribution is 7.90. The van der Waals surface area contributed by atoms with Crippen molar-refractivity contribution in [3.63, 3.8) is 0 Å². The Hall–Kier alpha value is -3.26. The van der Waals surface area contributed by atoms with Gasteiger partial charge < -0.3 is 5.32 Å². The van der Waals surface area contributed by atoms with Crippen molar-refractivity contribution in [2.75, 3.05) is 12.4 Å². The predicted octanol–water partition coefficient (Wildman–Crippen LogP) is 2.77. The van der Waals surface area contributed by atoms with Gasteiger partial charge in [0.05, 0.1) is 11.2 Å². The van der Waals surface area contributed by atoms with Gasteiger partial charge in [-0.25, -0.2) is 22.4 Å². The van der Waals surface area contributed by atoms with Gasteiger partial charge in [-0.2, -0.15) is 0 Å². The third kappa shape index (κ3) is 2.60. The van der Waals surface area contributed by atoms with Crippen LogP contribution in [0.5, 0.6) is 0 Å². The van der Waals surface area contributed by atoms with E-state index in [0.29, 0.717) is 5.52 Å². The Labute approximate surface area is 150 Å². The van der Waals surface area contributed by atoms with E-state index in [0.717, 1.165) is 22.2 Å². The number of fused-ring (bicyclic) bond motifs is 1. The second-order valence-corrected chi connectivity index (χ2v) is 7.46. The van der Waals surface area contributed by atoms with Crippen LogP contribution in [-0.4, -0.2) is 34.4 Å².